The van der Waals surface area contributed by atoms with Crippen molar-refractivity contribution < 1.29 is 14.6 Å². The van der Waals surface area contributed by atoms with Gasteiger partial charge in [0.1, 0.15) is 11.5 Å². The van der Waals surface area contributed by atoms with Crippen molar-refractivity contribution in [3.8, 4) is 5.88 Å². The Morgan fingerprint density at radius 1 is 1.28 bits per heavy atom. The molecule has 3 heterocycles. The second-order valence-corrected chi connectivity index (χ2v) is 5.60. The van der Waals surface area contributed by atoms with Crippen LogP contribution in [-0.4, -0.2) is 38.1 Å². The molecule has 0 aliphatic carbocycles. The van der Waals surface area contributed by atoms with Gasteiger partial charge in [0.15, 0.2) is 0 Å². The molecule has 0 amide bonds. The van der Waals surface area contributed by atoms with Crippen LogP contribution in [-0.2, 0) is 11.2 Å². The number of aromatic hydroxyl groups is 1. The summed E-state index contributed by atoms with van der Waals surface area (Å²) in [5.41, 5.74) is 2.57. The van der Waals surface area contributed by atoms with Crippen LogP contribution in [0.1, 0.15) is 21.7 Å². The molecule has 1 aromatic carbocycles. The van der Waals surface area contributed by atoms with Gasteiger partial charge in [-0.25, -0.2) is 9.78 Å². The zero-order chi connectivity index (χ0) is 17.4. The number of aromatic amines is 1. The van der Waals surface area contributed by atoms with Crippen LogP contribution in [0.5, 0.6) is 5.88 Å². The lowest BCUT2D eigenvalue weighted by Gasteiger charge is -2.02. The van der Waals surface area contributed by atoms with E-state index >= 15 is 0 Å². The van der Waals surface area contributed by atoms with Crippen LogP contribution in [0.25, 0.3) is 21.9 Å². The molecule has 7 nitrogen and oxygen atoms in total. The number of hydrogen-bond donors (Lipinski definition) is 2. The molecule has 0 spiro atoms. The second kappa shape index (κ2) is 5.86. The van der Waals surface area contributed by atoms with Crippen LogP contribution in [0.3, 0.4) is 0 Å². The van der Waals surface area contributed by atoms with E-state index in [0.717, 1.165) is 10.9 Å². The predicted octanol–water partition coefficient (Wildman–Crippen LogP) is 2.59. The highest BCUT2D eigenvalue weighted by atomic mass is 16.5. The molecule has 2 N–H and O–H groups in total. The van der Waals surface area contributed by atoms with Gasteiger partial charge >= 0.3 is 5.97 Å². The SMILES string of the molecule is COC(=O)c1ccc2c(c1)[nH]c1nc(Cc3cccnc3)nc(O)c12. The average molecular weight is 334 g/mol. The highest BCUT2D eigenvalue weighted by Gasteiger charge is 2.15. The average Bonchev–Trinajstić information content (AvgIpc) is 2.99. The van der Waals surface area contributed by atoms with Gasteiger partial charge in [-0.1, -0.05) is 12.1 Å². The first-order valence-electron chi connectivity index (χ1n) is 7.64. The lowest BCUT2D eigenvalue weighted by Crippen LogP contribution is -2.00. The van der Waals surface area contributed by atoms with E-state index in [0.29, 0.717) is 34.4 Å². The fraction of sp³-hybridized carbons (Fsp3) is 0.111. The summed E-state index contributed by atoms with van der Waals surface area (Å²) in [5, 5.41) is 11.6. The zero-order valence-corrected chi connectivity index (χ0v) is 13.4. The van der Waals surface area contributed by atoms with Gasteiger partial charge in [-0.05, 0) is 23.8 Å². The second-order valence-electron chi connectivity index (χ2n) is 5.60. The number of H-pyrrole nitrogens is 1. The molecule has 0 aliphatic rings. The maximum Gasteiger partial charge on any atom is 0.337 e. The molecule has 0 bridgehead atoms. The number of rotatable bonds is 3. The fourth-order valence-corrected chi connectivity index (χ4v) is 2.83. The maximum absolute atomic E-state index is 11.7. The monoisotopic (exact) mass is 334 g/mol. The van der Waals surface area contributed by atoms with E-state index in [1.807, 2.05) is 12.1 Å². The molecule has 3 aromatic heterocycles. The molecular formula is C18H14N4O3. The Bertz CT molecular complexity index is 1090. The van der Waals surface area contributed by atoms with Gasteiger partial charge in [0.2, 0.25) is 5.88 Å². The standard InChI is InChI=1S/C18H14N4O3/c1-25-18(24)11-4-5-12-13(8-11)20-16-15(12)17(23)22-14(21-16)7-10-3-2-6-19-9-10/h2-6,8-9H,7H2,1H3,(H2,20,21,22,23). The molecule has 124 valence electrons. The number of hydrogen-bond acceptors (Lipinski definition) is 6. The van der Waals surface area contributed by atoms with Crippen LogP contribution in [0, 0.1) is 0 Å². The molecule has 0 saturated heterocycles. The van der Waals surface area contributed by atoms with E-state index < -0.39 is 5.97 Å². The number of nitrogens with one attached hydrogen (secondary N) is 1. The number of ether oxygens (including phenoxy) is 1. The summed E-state index contributed by atoms with van der Waals surface area (Å²) in [6.07, 6.45) is 3.89. The Morgan fingerprint density at radius 2 is 2.16 bits per heavy atom. The Labute approximate surface area is 142 Å². The topological polar surface area (TPSA) is 101 Å². The zero-order valence-electron chi connectivity index (χ0n) is 13.4. The largest absolute Gasteiger partial charge is 0.493 e. The first-order valence-corrected chi connectivity index (χ1v) is 7.64. The Balaban J connectivity index is 1.83. The third-order valence-electron chi connectivity index (χ3n) is 3.98. The number of nitrogens with zero attached hydrogens (tertiary/aromatic N) is 3. The van der Waals surface area contributed by atoms with Gasteiger partial charge in [0.25, 0.3) is 0 Å². The minimum Gasteiger partial charge on any atom is -0.493 e. The van der Waals surface area contributed by atoms with Gasteiger partial charge in [-0.15, -0.1) is 0 Å². The molecule has 0 radical (unpaired) electrons. The summed E-state index contributed by atoms with van der Waals surface area (Å²) in [6.45, 7) is 0. The number of methoxy groups -OCH3 is 1. The van der Waals surface area contributed by atoms with Crippen molar-refractivity contribution in [3.05, 3.63) is 59.7 Å². The lowest BCUT2D eigenvalue weighted by molar-refractivity contribution is 0.0601. The molecule has 0 atom stereocenters. The van der Waals surface area contributed by atoms with E-state index in [1.165, 1.54) is 7.11 Å². The number of carbonyl (C=O) groups excluding carboxylic acids is 1. The number of pyridine rings is 1. The van der Waals surface area contributed by atoms with Crippen molar-refractivity contribution in [1.29, 1.82) is 0 Å². The van der Waals surface area contributed by atoms with E-state index in [1.54, 1.807) is 30.6 Å². The fourth-order valence-electron chi connectivity index (χ4n) is 2.83. The maximum atomic E-state index is 11.7. The molecule has 4 aromatic rings. The molecule has 7 heteroatoms. The van der Waals surface area contributed by atoms with Crippen molar-refractivity contribution in [1.82, 2.24) is 19.9 Å². The van der Waals surface area contributed by atoms with Crippen LogP contribution in [0.15, 0.2) is 42.7 Å². The molecule has 0 fully saturated rings. The van der Waals surface area contributed by atoms with Gasteiger partial charge in [0.05, 0.1) is 18.1 Å². The molecule has 0 aliphatic heterocycles. The number of esters is 1. The van der Waals surface area contributed by atoms with E-state index in [-0.39, 0.29) is 5.88 Å². The molecule has 4 rings (SSSR count). The summed E-state index contributed by atoms with van der Waals surface area (Å²) in [5.74, 6) is -0.0353. The highest BCUT2D eigenvalue weighted by Crippen LogP contribution is 2.31. The summed E-state index contributed by atoms with van der Waals surface area (Å²) in [6, 6.07) is 8.81. The molecule has 0 unspecified atom stereocenters. The van der Waals surface area contributed by atoms with Crippen molar-refractivity contribution in [3.63, 3.8) is 0 Å². The van der Waals surface area contributed by atoms with Crippen LogP contribution in [0.2, 0.25) is 0 Å². The van der Waals surface area contributed by atoms with Crippen molar-refractivity contribution in [2.45, 2.75) is 6.42 Å². The highest BCUT2D eigenvalue weighted by molar-refractivity contribution is 6.09. The Kier molecular flexibility index (Phi) is 3.53. The third-order valence-corrected chi connectivity index (χ3v) is 3.98. The van der Waals surface area contributed by atoms with Crippen molar-refractivity contribution in [2.75, 3.05) is 7.11 Å². The van der Waals surface area contributed by atoms with E-state index in [2.05, 4.69) is 19.9 Å². The number of aromatic nitrogens is 4. The molecule has 25 heavy (non-hydrogen) atoms. The first-order chi connectivity index (χ1) is 12.2. The number of fused-ring (bicyclic) bond motifs is 3. The lowest BCUT2D eigenvalue weighted by atomic mass is 10.1. The molecule has 0 saturated carbocycles. The first kappa shape index (κ1) is 15.1. The Hall–Kier alpha value is -3.48. The predicted molar refractivity (Wildman–Crippen MR) is 91.4 cm³/mol. The van der Waals surface area contributed by atoms with Crippen LogP contribution < -0.4 is 0 Å². The summed E-state index contributed by atoms with van der Waals surface area (Å²) >= 11 is 0. The van der Waals surface area contributed by atoms with E-state index in [4.69, 9.17) is 4.74 Å². The minimum absolute atomic E-state index is 0.0963. The van der Waals surface area contributed by atoms with Gasteiger partial charge in [-0.3, -0.25) is 4.98 Å². The van der Waals surface area contributed by atoms with Crippen molar-refractivity contribution >= 4 is 27.9 Å². The summed E-state index contributed by atoms with van der Waals surface area (Å²) in [4.78, 5) is 27.6. The molecular weight excluding hydrogens is 320 g/mol. The minimum atomic E-state index is -0.423. The Morgan fingerprint density at radius 3 is 2.92 bits per heavy atom. The van der Waals surface area contributed by atoms with Crippen molar-refractivity contribution in [2.24, 2.45) is 0 Å². The van der Waals surface area contributed by atoms with Gasteiger partial charge in [-0.2, -0.15) is 4.98 Å². The number of benzene rings is 1. The van der Waals surface area contributed by atoms with Crippen LogP contribution >= 0.6 is 0 Å². The van der Waals surface area contributed by atoms with Crippen LogP contribution in [0.4, 0.5) is 0 Å². The van der Waals surface area contributed by atoms with Gasteiger partial charge < -0.3 is 14.8 Å². The normalized spacial score (nSPS) is 11.1. The third kappa shape index (κ3) is 2.65. The smallest absolute Gasteiger partial charge is 0.337 e. The van der Waals surface area contributed by atoms with E-state index in [9.17, 15) is 9.90 Å². The summed E-state index contributed by atoms with van der Waals surface area (Å²) in [7, 11) is 1.33. The quantitative estimate of drug-likeness (QED) is 0.559. The van der Waals surface area contributed by atoms with Gasteiger partial charge in [0, 0.05) is 29.7 Å². The summed E-state index contributed by atoms with van der Waals surface area (Å²) < 4.78 is 4.73. The number of carbonyl (C=O) groups is 1.